The third-order valence-corrected chi connectivity index (χ3v) is 3.30. The first-order chi connectivity index (χ1) is 7.60. The highest BCUT2D eigenvalue weighted by molar-refractivity contribution is 9.10. The first kappa shape index (κ1) is 13.3. The van der Waals surface area contributed by atoms with E-state index in [1.54, 1.807) is 14.2 Å². The molecule has 1 atom stereocenters. The minimum Gasteiger partial charge on any atom is -0.493 e. The molecule has 0 bridgehead atoms. The van der Waals surface area contributed by atoms with Gasteiger partial charge in [-0.1, -0.05) is 6.07 Å². The number of ether oxygens (including phenoxy) is 2. The molecule has 0 aromatic heterocycles. The largest absolute Gasteiger partial charge is 0.493 e. The molecule has 0 unspecified atom stereocenters. The molecule has 0 saturated heterocycles. The Balaban J connectivity index is 2.95. The van der Waals surface area contributed by atoms with E-state index >= 15 is 0 Å². The van der Waals surface area contributed by atoms with Crippen LogP contribution in [0.5, 0.6) is 11.5 Å². The van der Waals surface area contributed by atoms with Gasteiger partial charge >= 0.3 is 0 Å². The van der Waals surface area contributed by atoms with Gasteiger partial charge in [0.1, 0.15) is 0 Å². The summed E-state index contributed by atoms with van der Waals surface area (Å²) in [6, 6.07) is 4.16. The molecule has 1 aromatic carbocycles. The lowest BCUT2D eigenvalue weighted by Gasteiger charge is -2.13. The Bertz CT molecular complexity index is 353. The minimum atomic E-state index is 0.208. The molecule has 1 rings (SSSR count). The second-order valence-electron chi connectivity index (χ2n) is 3.79. The Morgan fingerprint density at radius 2 is 2.00 bits per heavy atom. The summed E-state index contributed by atoms with van der Waals surface area (Å²) < 4.78 is 11.5. The van der Waals surface area contributed by atoms with E-state index in [0.29, 0.717) is 0 Å². The summed E-state index contributed by atoms with van der Waals surface area (Å²) in [5, 5.41) is 0. The average molecular weight is 288 g/mol. The van der Waals surface area contributed by atoms with Crippen molar-refractivity contribution in [2.45, 2.75) is 25.8 Å². The summed E-state index contributed by atoms with van der Waals surface area (Å²) in [5.74, 6) is 1.48. The Kier molecular flexibility index (Phi) is 5.09. The van der Waals surface area contributed by atoms with Crippen LogP contribution in [0.4, 0.5) is 0 Å². The summed E-state index contributed by atoms with van der Waals surface area (Å²) in [5.41, 5.74) is 6.94. The highest BCUT2D eigenvalue weighted by Gasteiger charge is 2.12. The maximum Gasteiger partial charge on any atom is 0.175 e. The lowest BCUT2D eigenvalue weighted by atomic mass is 10.1. The number of rotatable bonds is 5. The molecule has 2 N–H and O–H groups in total. The maximum atomic E-state index is 5.75. The Hall–Kier alpha value is -0.740. The Morgan fingerprint density at radius 3 is 2.50 bits per heavy atom. The molecule has 0 fully saturated rings. The van der Waals surface area contributed by atoms with Crippen molar-refractivity contribution in [1.82, 2.24) is 0 Å². The maximum absolute atomic E-state index is 5.75. The van der Waals surface area contributed by atoms with Crippen molar-refractivity contribution in [1.29, 1.82) is 0 Å². The molecule has 0 amide bonds. The van der Waals surface area contributed by atoms with Gasteiger partial charge in [-0.15, -0.1) is 0 Å². The fourth-order valence-corrected chi connectivity index (χ4v) is 2.19. The van der Waals surface area contributed by atoms with Gasteiger partial charge in [-0.25, -0.2) is 0 Å². The van der Waals surface area contributed by atoms with Gasteiger partial charge in [0.05, 0.1) is 18.7 Å². The van der Waals surface area contributed by atoms with Crippen molar-refractivity contribution >= 4 is 15.9 Å². The zero-order valence-corrected chi connectivity index (χ0v) is 11.5. The molecular formula is C12H18BrNO2. The third-order valence-electron chi connectivity index (χ3n) is 2.43. The number of aryl methyl sites for hydroxylation is 1. The average Bonchev–Trinajstić information content (AvgIpc) is 2.26. The van der Waals surface area contributed by atoms with E-state index in [2.05, 4.69) is 15.9 Å². The zero-order chi connectivity index (χ0) is 12.1. The first-order valence-corrected chi connectivity index (χ1v) is 6.04. The molecule has 90 valence electrons. The summed E-state index contributed by atoms with van der Waals surface area (Å²) in [6.07, 6.45) is 1.88. The molecular weight excluding hydrogens is 270 g/mol. The van der Waals surface area contributed by atoms with Crippen LogP contribution in [0.15, 0.2) is 16.6 Å². The van der Waals surface area contributed by atoms with Crippen molar-refractivity contribution in [2.75, 3.05) is 14.2 Å². The third kappa shape index (κ3) is 3.12. The van der Waals surface area contributed by atoms with Crippen molar-refractivity contribution in [2.24, 2.45) is 5.73 Å². The van der Waals surface area contributed by atoms with Gasteiger partial charge in [0, 0.05) is 6.04 Å². The fraction of sp³-hybridized carbons (Fsp3) is 0.500. The summed E-state index contributed by atoms with van der Waals surface area (Å²) in [4.78, 5) is 0. The molecule has 0 radical (unpaired) electrons. The van der Waals surface area contributed by atoms with Crippen LogP contribution >= 0.6 is 15.9 Å². The molecule has 0 saturated carbocycles. The highest BCUT2D eigenvalue weighted by atomic mass is 79.9. The van der Waals surface area contributed by atoms with E-state index in [1.807, 2.05) is 19.1 Å². The SMILES string of the molecule is COc1ccc(CC[C@@H](C)N)c(Br)c1OC. The molecule has 0 aliphatic carbocycles. The van der Waals surface area contributed by atoms with Gasteiger partial charge in [-0.05, 0) is 47.3 Å². The standard InChI is InChI=1S/C12H18BrNO2/c1-8(14)4-5-9-6-7-10(15-2)12(16-3)11(9)13/h6-8H,4-5,14H2,1-3H3/t8-/m1/s1. The number of hydrogen-bond donors (Lipinski definition) is 1. The summed E-state index contributed by atoms with van der Waals surface area (Å²) in [7, 11) is 3.27. The van der Waals surface area contributed by atoms with Crippen LogP contribution in [0.25, 0.3) is 0 Å². The van der Waals surface area contributed by atoms with Gasteiger partial charge in [0.2, 0.25) is 0 Å². The lowest BCUT2D eigenvalue weighted by molar-refractivity contribution is 0.352. The number of halogens is 1. The molecule has 1 aromatic rings. The number of nitrogens with two attached hydrogens (primary N) is 1. The Labute approximate surface area is 105 Å². The van der Waals surface area contributed by atoms with Crippen LogP contribution in [0, 0.1) is 0 Å². The van der Waals surface area contributed by atoms with Crippen LogP contribution in [-0.2, 0) is 6.42 Å². The summed E-state index contributed by atoms with van der Waals surface area (Å²) in [6.45, 7) is 2.01. The topological polar surface area (TPSA) is 44.5 Å². The zero-order valence-electron chi connectivity index (χ0n) is 9.92. The van der Waals surface area contributed by atoms with Gasteiger partial charge < -0.3 is 15.2 Å². The van der Waals surface area contributed by atoms with Crippen LogP contribution < -0.4 is 15.2 Å². The van der Waals surface area contributed by atoms with E-state index in [1.165, 1.54) is 5.56 Å². The monoisotopic (exact) mass is 287 g/mol. The van der Waals surface area contributed by atoms with Crippen molar-refractivity contribution < 1.29 is 9.47 Å². The van der Waals surface area contributed by atoms with Crippen molar-refractivity contribution in [3.05, 3.63) is 22.2 Å². The Morgan fingerprint density at radius 1 is 1.31 bits per heavy atom. The van der Waals surface area contributed by atoms with Crippen molar-refractivity contribution in [3.63, 3.8) is 0 Å². The smallest absolute Gasteiger partial charge is 0.175 e. The van der Waals surface area contributed by atoms with Crippen LogP contribution in [0.2, 0.25) is 0 Å². The molecule has 0 aliphatic heterocycles. The predicted molar refractivity (Wildman–Crippen MR) is 69.2 cm³/mol. The normalized spacial score (nSPS) is 12.3. The van der Waals surface area contributed by atoms with Crippen molar-refractivity contribution in [3.8, 4) is 11.5 Å². The highest BCUT2D eigenvalue weighted by Crippen LogP contribution is 2.37. The number of benzene rings is 1. The molecule has 3 nitrogen and oxygen atoms in total. The van der Waals surface area contributed by atoms with Crippen LogP contribution in [0.1, 0.15) is 18.9 Å². The molecule has 0 aliphatic rings. The summed E-state index contributed by atoms with van der Waals surface area (Å²) >= 11 is 3.54. The van der Waals surface area contributed by atoms with Gasteiger partial charge in [-0.3, -0.25) is 0 Å². The molecule has 0 heterocycles. The number of methoxy groups -OCH3 is 2. The quantitative estimate of drug-likeness (QED) is 0.906. The number of hydrogen-bond acceptors (Lipinski definition) is 3. The molecule has 4 heteroatoms. The van der Waals surface area contributed by atoms with Crippen LogP contribution in [-0.4, -0.2) is 20.3 Å². The van der Waals surface area contributed by atoms with E-state index in [0.717, 1.165) is 28.8 Å². The fourth-order valence-electron chi connectivity index (χ4n) is 1.51. The van der Waals surface area contributed by atoms with E-state index in [4.69, 9.17) is 15.2 Å². The molecule has 16 heavy (non-hydrogen) atoms. The van der Waals surface area contributed by atoms with Gasteiger partial charge in [0.15, 0.2) is 11.5 Å². The predicted octanol–water partition coefficient (Wildman–Crippen LogP) is 2.75. The first-order valence-electron chi connectivity index (χ1n) is 5.25. The van der Waals surface area contributed by atoms with E-state index < -0.39 is 0 Å². The van der Waals surface area contributed by atoms with Gasteiger partial charge in [0.25, 0.3) is 0 Å². The van der Waals surface area contributed by atoms with Crippen LogP contribution in [0.3, 0.4) is 0 Å². The van der Waals surface area contributed by atoms with E-state index in [9.17, 15) is 0 Å². The lowest BCUT2D eigenvalue weighted by Crippen LogP contribution is -2.15. The van der Waals surface area contributed by atoms with Gasteiger partial charge in [-0.2, -0.15) is 0 Å². The minimum absolute atomic E-state index is 0.208. The van der Waals surface area contributed by atoms with E-state index in [-0.39, 0.29) is 6.04 Å². The second kappa shape index (κ2) is 6.11. The molecule has 0 spiro atoms. The second-order valence-corrected chi connectivity index (χ2v) is 4.58.